The Balaban J connectivity index is 3.12. The molecule has 2 N–H and O–H groups in total. The Hall–Kier alpha value is -1.15. The van der Waals surface area contributed by atoms with Gasteiger partial charge in [0.15, 0.2) is 0 Å². The standard InChI is InChI=1S/C14H16BrF4NO2/c1-7(2)5-11(13(21)22)20-12(14(17,18)19)8-3-4-9(15)10(16)6-8/h3-4,6-7,11-12,20H,5H2,1-2H3,(H,21,22). The van der Waals surface area contributed by atoms with Gasteiger partial charge in [0.05, 0.1) is 4.47 Å². The van der Waals surface area contributed by atoms with E-state index in [9.17, 15) is 22.4 Å². The molecule has 0 spiro atoms. The highest BCUT2D eigenvalue weighted by Crippen LogP contribution is 2.34. The lowest BCUT2D eigenvalue weighted by molar-refractivity contribution is -0.163. The zero-order valence-electron chi connectivity index (χ0n) is 11.9. The quantitative estimate of drug-likeness (QED) is 0.718. The molecule has 0 fully saturated rings. The number of hydrogen-bond acceptors (Lipinski definition) is 2. The van der Waals surface area contributed by atoms with Crippen LogP contribution in [0, 0.1) is 11.7 Å². The van der Waals surface area contributed by atoms with E-state index in [1.807, 2.05) is 0 Å². The first-order chi connectivity index (χ1) is 10.0. The molecule has 2 unspecified atom stereocenters. The highest BCUT2D eigenvalue weighted by atomic mass is 79.9. The van der Waals surface area contributed by atoms with Crippen LogP contribution < -0.4 is 5.32 Å². The molecule has 0 saturated carbocycles. The number of halogens is 5. The van der Waals surface area contributed by atoms with Crippen molar-refractivity contribution in [2.75, 3.05) is 0 Å². The van der Waals surface area contributed by atoms with Gasteiger partial charge >= 0.3 is 12.1 Å². The first-order valence-electron chi connectivity index (χ1n) is 6.53. The molecule has 1 aromatic rings. The number of carboxylic acid groups (broad SMARTS) is 1. The highest BCUT2D eigenvalue weighted by Gasteiger charge is 2.43. The second-order valence-corrected chi connectivity index (χ2v) is 6.19. The van der Waals surface area contributed by atoms with E-state index in [0.717, 1.165) is 18.2 Å². The summed E-state index contributed by atoms with van der Waals surface area (Å²) < 4.78 is 53.1. The maximum absolute atomic E-state index is 13.5. The van der Waals surface area contributed by atoms with Crippen LogP contribution in [0.4, 0.5) is 17.6 Å². The Morgan fingerprint density at radius 3 is 2.36 bits per heavy atom. The van der Waals surface area contributed by atoms with Crippen molar-refractivity contribution in [2.24, 2.45) is 5.92 Å². The Morgan fingerprint density at radius 2 is 1.95 bits per heavy atom. The zero-order valence-corrected chi connectivity index (χ0v) is 13.5. The van der Waals surface area contributed by atoms with Crippen molar-refractivity contribution < 1.29 is 27.5 Å². The molecular weight excluding hydrogens is 370 g/mol. The number of alkyl halides is 3. The lowest BCUT2D eigenvalue weighted by Gasteiger charge is -2.26. The summed E-state index contributed by atoms with van der Waals surface area (Å²) in [4.78, 5) is 11.1. The van der Waals surface area contributed by atoms with Gasteiger partial charge in [-0.1, -0.05) is 19.9 Å². The largest absolute Gasteiger partial charge is 0.480 e. The molecule has 0 aliphatic heterocycles. The molecule has 0 saturated heterocycles. The predicted octanol–water partition coefficient (Wildman–Crippen LogP) is 4.28. The van der Waals surface area contributed by atoms with Gasteiger partial charge in [0.1, 0.15) is 17.9 Å². The van der Waals surface area contributed by atoms with Crippen LogP contribution in [0.5, 0.6) is 0 Å². The minimum atomic E-state index is -4.75. The fourth-order valence-electron chi connectivity index (χ4n) is 1.98. The van der Waals surface area contributed by atoms with E-state index >= 15 is 0 Å². The maximum atomic E-state index is 13.5. The smallest absolute Gasteiger partial charge is 0.407 e. The van der Waals surface area contributed by atoms with Gasteiger partial charge in [0, 0.05) is 0 Å². The number of benzene rings is 1. The molecule has 0 aliphatic carbocycles. The minimum absolute atomic E-state index is 0.0287. The van der Waals surface area contributed by atoms with Crippen molar-refractivity contribution in [2.45, 2.75) is 38.5 Å². The number of aliphatic carboxylic acids is 1. The van der Waals surface area contributed by atoms with Gasteiger partial charge in [-0.05, 0) is 46.0 Å². The topological polar surface area (TPSA) is 49.3 Å². The van der Waals surface area contributed by atoms with E-state index in [0.29, 0.717) is 0 Å². The lowest BCUT2D eigenvalue weighted by atomic mass is 10.00. The van der Waals surface area contributed by atoms with Gasteiger partial charge in [-0.2, -0.15) is 13.2 Å². The number of carbonyl (C=O) groups is 1. The first kappa shape index (κ1) is 18.9. The van der Waals surface area contributed by atoms with E-state index in [4.69, 9.17) is 5.11 Å². The monoisotopic (exact) mass is 385 g/mol. The van der Waals surface area contributed by atoms with Crippen molar-refractivity contribution in [3.63, 3.8) is 0 Å². The van der Waals surface area contributed by atoms with Gasteiger partial charge in [-0.15, -0.1) is 0 Å². The normalized spacial score (nSPS) is 14.9. The summed E-state index contributed by atoms with van der Waals surface area (Å²) in [5, 5.41) is 11.2. The van der Waals surface area contributed by atoms with Crippen LogP contribution in [0.1, 0.15) is 31.9 Å². The summed E-state index contributed by atoms with van der Waals surface area (Å²) in [5.74, 6) is -2.33. The summed E-state index contributed by atoms with van der Waals surface area (Å²) in [7, 11) is 0. The summed E-state index contributed by atoms with van der Waals surface area (Å²) in [6.45, 7) is 3.42. The third kappa shape index (κ3) is 5.24. The number of rotatable bonds is 6. The Labute approximate surface area is 133 Å². The molecule has 0 radical (unpaired) electrons. The highest BCUT2D eigenvalue weighted by molar-refractivity contribution is 9.10. The summed E-state index contributed by atoms with van der Waals surface area (Å²) in [5.41, 5.74) is -0.372. The van der Waals surface area contributed by atoms with Crippen molar-refractivity contribution in [1.82, 2.24) is 5.32 Å². The first-order valence-corrected chi connectivity index (χ1v) is 7.32. The van der Waals surface area contributed by atoms with Crippen molar-refractivity contribution in [3.8, 4) is 0 Å². The molecule has 22 heavy (non-hydrogen) atoms. The van der Waals surface area contributed by atoms with Crippen molar-refractivity contribution in [3.05, 3.63) is 34.1 Å². The molecule has 0 heterocycles. The van der Waals surface area contributed by atoms with Gasteiger partial charge in [0.25, 0.3) is 0 Å². The molecule has 0 amide bonds. The van der Waals surface area contributed by atoms with Crippen LogP contribution in [0.25, 0.3) is 0 Å². The summed E-state index contributed by atoms with van der Waals surface area (Å²) >= 11 is 2.86. The van der Waals surface area contributed by atoms with Gasteiger partial charge < -0.3 is 5.11 Å². The van der Waals surface area contributed by atoms with E-state index in [-0.39, 0.29) is 22.4 Å². The van der Waals surface area contributed by atoms with Gasteiger partial charge in [-0.3, -0.25) is 10.1 Å². The third-order valence-electron chi connectivity index (χ3n) is 2.98. The predicted molar refractivity (Wildman–Crippen MR) is 76.9 cm³/mol. The maximum Gasteiger partial charge on any atom is 0.407 e. The molecule has 1 rings (SSSR count). The molecule has 1 aromatic carbocycles. The van der Waals surface area contributed by atoms with Crippen LogP contribution >= 0.6 is 15.9 Å². The second-order valence-electron chi connectivity index (χ2n) is 5.34. The van der Waals surface area contributed by atoms with Crippen LogP contribution in [0.3, 0.4) is 0 Å². The van der Waals surface area contributed by atoms with Gasteiger partial charge in [0.2, 0.25) is 0 Å². The number of hydrogen-bond donors (Lipinski definition) is 2. The fourth-order valence-corrected chi connectivity index (χ4v) is 2.23. The Kier molecular flexibility index (Phi) is 6.37. The van der Waals surface area contributed by atoms with E-state index in [1.54, 1.807) is 13.8 Å². The summed E-state index contributed by atoms with van der Waals surface area (Å²) in [6.07, 6.45) is -4.72. The van der Waals surface area contributed by atoms with Gasteiger partial charge in [-0.25, -0.2) is 4.39 Å². The molecule has 8 heteroatoms. The number of nitrogens with one attached hydrogen (secondary N) is 1. The molecule has 2 atom stereocenters. The Morgan fingerprint density at radius 1 is 1.36 bits per heavy atom. The molecule has 124 valence electrons. The average molecular weight is 386 g/mol. The SMILES string of the molecule is CC(C)CC(NC(c1ccc(Br)c(F)c1)C(F)(F)F)C(=O)O. The van der Waals surface area contributed by atoms with E-state index in [2.05, 4.69) is 21.2 Å². The van der Waals surface area contributed by atoms with E-state index in [1.165, 1.54) is 0 Å². The fraction of sp³-hybridized carbons (Fsp3) is 0.500. The van der Waals surface area contributed by atoms with Crippen LogP contribution in [0.2, 0.25) is 0 Å². The number of carboxylic acids is 1. The lowest BCUT2D eigenvalue weighted by Crippen LogP contribution is -2.45. The minimum Gasteiger partial charge on any atom is -0.480 e. The Bertz CT molecular complexity index is 534. The molecule has 0 bridgehead atoms. The third-order valence-corrected chi connectivity index (χ3v) is 3.62. The van der Waals surface area contributed by atoms with Crippen LogP contribution in [0.15, 0.2) is 22.7 Å². The molecule has 3 nitrogen and oxygen atoms in total. The van der Waals surface area contributed by atoms with Crippen molar-refractivity contribution in [1.29, 1.82) is 0 Å². The summed E-state index contributed by atoms with van der Waals surface area (Å²) in [6, 6.07) is -0.632. The molecule has 0 aromatic heterocycles. The molecular formula is C14H16BrF4NO2. The average Bonchev–Trinajstić information content (AvgIpc) is 2.35. The van der Waals surface area contributed by atoms with Crippen molar-refractivity contribution >= 4 is 21.9 Å². The van der Waals surface area contributed by atoms with Crippen LogP contribution in [-0.2, 0) is 4.79 Å². The van der Waals surface area contributed by atoms with E-state index < -0.39 is 30.0 Å². The molecule has 0 aliphatic rings. The zero-order chi connectivity index (χ0) is 17.1. The second kappa shape index (κ2) is 7.41. The van der Waals surface area contributed by atoms with Crippen LogP contribution in [-0.4, -0.2) is 23.3 Å².